The molecule has 1 aromatic heterocycles. The lowest BCUT2D eigenvalue weighted by Crippen LogP contribution is -2.14. The Bertz CT molecular complexity index is 601. The summed E-state index contributed by atoms with van der Waals surface area (Å²) in [6.07, 6.45) is 5.50. The first-order valence-electron chi connectivity index (χ1n) is 5.28. The van der Waals surface area contributed by atoms with Crippen LogP contribution in [-0.4, -0.2) is 11.1 Å². The molecule has 1 N–H and O–H groups in total. The van der Waals surface area contributed by atoms with E-state index in [1.54, 1.807) is 0 Å². The van der Waals surface area contributed by atoms with Gasteiger partial charge in [-0.3, -0.25) is 4.79 Å². The van der Waals surface area contributed by atoms with Crippen LogP contribution in [0.5, 0.6) is 0 Å². The van der Waals surface area contributed by atoms with Crippen LogP contribution in [0, 0.1) is 25.2 Å². The highest BCUT2D eigenvalue weighted by atomic mass is 16.4. The average Bonchev–Trinajstić information content (AvgIpc) is 2.64. The minimum absolute atomic E-state index is 0.321. The van der Waals surface area contributed by atoms with Gasteiger partial charge in [-0.15, -0.1) is 6.42 Å². The van der Waals surface area contributed by atoms with E-state index < -0.39 is 11.9 Å². The lowest BCUT2D eigenvalue weighted by Gasteiger charge is -2.05. The van der Waals surface area contributed by atoms with Crippen molar-refractivity contribution < 1.29 is 14.3 Å². The zero-order chi connectivity index (χ0) is 12.4. The van der Waals surface area contributed by atoms with E-state index in [1.165, 1.54) is 0 Å². The van der Waals surface area contributed by atoms with E-state index in [9.17, 15) is 4.79 Å². The monoisotopic (exact) mass is 228 g/mol. The third-order valence-corrected chi connectivity index (χ3v) is 2.65. The minimum Gasteiger partial charge on any atom is -0.480 e. The molecule has 86 valence electrons. The Balaban J connectivity index is 2.30. The molecule has 0 fully saturated rings. The largest absolute Gasteiger partial charge is 0.480 e. The van der Waals surface area contributed by atoms with E-state index in [1.807, 2.05) is 31.2 Å². The third-order valence-electron chi connectivity index (χ3n) is 2.65. The number of terminal acetylenes is 1. The van der Waals surface area contributed by atoms with Crippen molar-refractivity contribution >= 4 is 16.9 Å². The van der Waals surface area contributed by atoms with Gasteiger partial charge in [0.2, 0.25) is 0 Å². The van der Waals surface area contributed by atoms with E-state index in [-0.39, 0.29) is 0 Å². The smallest absolute Gasteiger partial charge is 0.319 e. The molecule has 1 heterocycles. The van der Waals surface area contributed by atoms with Gasteiger partial charge in [0.05, 0.1) is 0 Å². The molecule has 0 aliphatic heterocycles. The van der Waals surface area contributed by atoms with Crippen LogP contribution in [0.1, 0.15) is 11.3 Å². The normalized spacial score (nSPS) is 12.2. The Hall–Kier alpha value is -2.21. The van der Waals surface area contributed by atoms with Crippen molar-refractivity contribution in [3.05, 3.63) is 35.6 Å². The molecule has 0 amide bonds. The predicted octanol–water partition coefficient (Wildman–Crippen LogP) is 2.62. The van der Waals surface area contributed by atoms with Crippen molar-refractivity contribution in [1.82, 2.24) is 0 Å². The van der Waals surface area contributed by atoms with Crippen LogP contribution >= 0.6 is 0 Å². The number of carboxylic acid groups (broad SMARTS) is 1. The van der Waals surface area contributed by atoms with E-state index in [4.69, 9.17) is 15.9 Å². The number of aryl methyl sites for hydroxylation is 1. The Morgan fingerprint density at radius 1 is 1.53 bits per heavy atom. The maximum Gasteiger partial charge on any atom is 0.319 e. The average molecular weight is 228 g/mol. The van der Waals surface area contributed by atoms with Crippen LogP contribution in [0.25, 0.3) is 11.0 Å². The molecule has 0 radical (unpaired) electrons. The van der Waals surface area contributed by atoms with Crippen molar-refractivity contribution in [1.29, 1.82) is 0 Å². The predicted molar refractivity (Wildman–Crippen MR) is 64.6 cm³/mol. The molecule has 17 heavy (non-hydrogen) atoms. The van der Waals surface area contributed by atoms with Crippen molar-refractivity contribution in [3.8, 4) is 12.3 Å². The molecule has 0 bridgehead atoms. The summed E-state index contributed by atoms with van der Waals surface area (Å²) in [5.74, 6) is 1.35. The second kappa shape index (κ2) is 4.34. The van der Waals surface area contributed by atoms with Gasteiger partial charge < -0.3 is 9.52 Å². The first kappa shape index (κ1) is 11.3. The minimum atomic E-state index is -0.969. The molecule has 0 spiro atoms. The van der Waals surface area contributed by atoms with Crippen LogP contribution < -0.4 is 0 Å². The molecule has 0 aliphatic rings. The Morgan fingerprint density at radius 3 is 2.94 bits per heavy atom. The number of carbonyl (C=O) groups is 1. The van der Waals surface area contributed by atoms with Crippen molar-refractivity contribution in [3.63, 3.8) is 0 Å². The van der Waals surface area contributed by atoms with E-state index in [2.05, 4.69) is 5.92 Å². The van der Waals surface area contributed by atoms with Gasteiger partial charge in [0.15, 0.2) is 0 Å². The number of fused-ring (bicyclic) bond motifs is 1. The second-order valence-corrected chi connectivity index (χ2v) is 3.99. The molecule has 0 saturated heterocycles. The highest BCUT2D eigenvalue weighted by molar-refractivity contribution is 5.79. The van der Waals surface area contributed by atoms with Gasteiger partial charge in [0, 0.05) is 5.39 Å². The van der Waals surface area contributed by atoms with Gasteiger partial charge >= 0.3 is 5.97 Å². The maximum atomic E-state index is 10.8. The molecule has 2 aromatic rings. The molecule has 1 atom stereocenters. The maximum absolute atomic E-state index is 10.8. The van der Waals surface area contributed by atoms with E-state index in [0.717, 1.165) is 22.3 Å². The summed E-state index contributed by atoms with van der Waals surface area (Å²) in [7, 11) is 0. The molecule has 1 unspecified atom stereocenters. The van der Waals surface area contributed by atoms with Crippen LogP contribution in [0.2, 0.25) is 0 Å². The molecule has 2 rings (SSSR count). The van der Waals surface area contributed by atoms with Crippen LogP contribution in [0.15, 0.2) is 28.7 Å². The summed E-state index contributed by atoms with van der Waals surface area (Å²) in [6, 6.07) is 7.58. The first-order chi connectivity index (χ1) is 8.10. The topological polar surface area (TPSA) is 50.4 Å². The summed E-state index contributed by atoms with van der Waals surface area (Å²) in [4.78, 5) is 10.8. The van der Waals surface area contributed by atoms with Gasteiger partial charge in [-0.05, 0) is 31.0 Å². The molecule has 0 saturated carbocycles. The molecular formula is C14H12O3. The van der Waals surface area contributed by atoms with Crippen LogP contribution in [0.4, 0.5) is 0 Å². The van der Waals surface area contributed by atoms with Crippen molar-refractivity contribution in [2.45, 2.75) is 13.3 Å². The number of furan rings is 1. The molecule has 3 nitrogen and oxygen atoms in total. The number of rotatable bonds is 3. The van der Waals surface area contributed by atoms with Gasteiger partial charge in [-0.25, -0.2) is 0 Å². The van der Waals surface area contributed by atoms with Gasteiger partial charge in [0.1, 0.15) is 17.3 Å². The number of carboxylic acids is 1. The van der Waals surface area contributed by atoms with Crippen molar-refractivity contribution in [2.24, 2.45) is 5.92 Å². The summed E-state index contributed by atoms with van der Waals surface area (Å²) in [6.45, 7) is 1.88. The quantitative estimate of drug-likeness (QED) is 0.821. The number of hydrogen-bond acceptors (Lipinski definition) is 2. The van der Waals surface area contributed by atoms with E-state index in [0.29, 0.717) is 6.42 Å². The fourth-order valence-electron chi connectivity index (χ4n) is 1.79. The Morgan fingerprint density at radius 2 is 2.29 bits per heavy atom. The summed E-state index contributed by atoms with van der Waals surface area (Å²) < 4.78 is 5.49. The second-order valence-electron chi connectivity index (χ2n) is 3.99. The van der Waals surface area contributed by atoms with E-state index >= 15 is 0 Å². The number of benzene rings is 1. The Labute approximate surface area is 99.1 Å². The SMILES string of the molecule is C#CC(Cc1ccc2cc(C)oc2c1)C(=O)O. The van der Waals surface area contributed by atoms with Crippen molar-refractivity contribution in [2.75, 3.05) is 0 Å². The van der Waals surface area contributed by atoms with Gasteiger partial charge in [0.25, 0.3) is 0 Å². The fraction of sp³-hybridized carbons (Fsp3) is 0.214. The fourth-order valence-corrected chi connectivity index (χ4v) is 1.79. The summed E-state index contributed by atoms with van der Waals surface area (Å²) in [5.41, 5.74) is 1.64. The Kier molecular flexibility index (Phi) is 2.88. The molecular weight excluding hydrogens is 216 g/mol. The van der Waals surface area contributed by atoms with Gasteiger partial charge in [-0.2, -0.15) is 0 Å². The molecule has 1 aromatic carbocycles. The zero-order valence-electron chi connectivity index (χ0n) is 9.43. The highest BCUT2D eigenvalue weighted by Gasteiger charge is 2.15. The summed E-state index contributed by atoms with van der Waals surface area (Å²) >= 11 is 0. The van der Waals surface area contributed by atoms with Gasteiger partial charge in [-0.1, -0.05) is 18.1 Å². The first-order valence-corrected chi connectivity index (χ1v) is 5.28. The summed E-state index contributed by atoms with van der Waals surface area (Å²) in [5, 5.41) is 9.90. The zero-order valence-corrected chi connectivity index (χ0v) is 9.43. The van der Waals surface area contributed by atoms with Crippen LogP contribution in [-0.2, 0) is 11.2 Å². The lowest BCUT2D eigenvalue weighted by atomic mass is 10.00. The highest BCUT2D eigenvalue weighted by Crippen LogP contribution is 2.21. The number of aliphatic carboxylic acids is 1. The lowest BCUT2D eigenvalue weighted by molar-refractivity contribution is -0.139. The molecule has 3 heteroatoms. The number of hydrogen-bond donors (Lipinski definition) is 1. The third kappa shape index (κ3) is 2.31. The van der Waals surface area contributed by atoms with Crippen LogP contribution in [0.3, 0.4) is 0 Å². The molecule has 0 aliphatic carbocycles. The standard InChI is InChI=1S/C14H12O3/c1-3-11(14(15)16)7-10-4-5-12-6-9(2)17-13(12)8-10/h1,4-6,8,11H,7H2,2H3,(H,15,16).